The van der Waals surface area contributed by atoms with Crippen LogP contribution in [0.5, 0.6) is 0 Å². The lowest BCUT2D eigenvalue weighted by molar-refractivity contribution is -0.134. The molecule has 1 aliphatic carbocycles. The van der Waals surface area contributed by atoms with Gasteiger partial charge >= 0.3 is 0 Å². The predicted molar refractivity (Wildman–Crippen MR) is 84.9 cm³/mol. The molecule has 1 saturated carbocycles. The van der Waals surface area contributed by atoms with Gasteiger partial charge in [-0.2, -0.15) is 4.98 Å². The van der Waals surface area contributed by atoms with E-state index in [0.717, 1.165) is 44.1 Å². The van der Waals surface area contributed by atoms with Crippen LogP contribution >= 0.6 is 0 Å². The fourth-order valence-electron chi connectivity index (χ4n) is 4.57. The van der Waals surface area contributed by atoms with Crippen LogP contribution in [0.3, 0.4) is 0 Å². The van der Waals surface area contributed by atoms with Gasteiger partial charge in [-0.1, -0.05) is 18.0 Å². The number of fused-ring (bicyclic) bond motifs is 1. The van der Waals surface area contributed by atoms with Gasteiger partial charge < -0.3 is 14.7 Å². The number of rotatable bonds is 2. The number of carbonyl (C=O) groups excluding carboxylic acids is 1. The van der Waals surface area contributed by atoms with Gasteiger partial charge in [0.15, 0.2) is 5.82 Å². The number of hydrogen-bond donors (Lipinski definition) is 1. The number of carbonyl (C=O) groups is 1. The van der Waals surface area contributed by atoms with Crippen LogP contribution in [0, 0.1) is 12.8 Å². The first-order chi connectivity index (χ1) is 11.2. The van der Waals surface area contributed by atoms with Crippen LogP contribution in [0.25, 0.3) is 0 Å². The first-order valence-corrected chi connectivity index (χ1v) is 9.06. The Kier molecular flexibility index (Phi) is 4.09. The summed E-state index contributed by atoms with van der Waals surface area (Å²) in [5, 5.41) is 7.64. The van der Waals surface area contributed by atoms with Gasteiger partial charge in [-0.3, -0.25) is 4.79 Å². The van der Waals surface area contributed by atoms with Gasteiger partial charge in [0.2, 0.25) is 11.8 Å². The van der Waals surface area contributed by atoms with E-state index in [0.29, 0.717) is 23.8 Å². The summed E-state index contributed by atoms with van der Waals surface area (Å²) in [5.74, 6) is 2.78. The van der Waals surface area contributed by atoms with E-state index in [4.69, 9.17) is 4.52 Å². The Balaban J connectivity index is 1.32. The fraction of sp³-hybridized carbons (Fsp3) is 0.824. The summed E-state index contributed by atoms with van der Waals surface area (Å²) in [5.41, 5.74) is 0. The molecule has 6 heteroatoms. The Morgan fingerprint density at radius 3 is 2.70 bits per heavy atom. The zero-order chi connectivity index (χ0) is 15.8. The lowest BCUT2D eigenvalue weighted by atomic mass is 9.85. The lowest BCUT2D eigenvalue weighted by Crippen LogP contribution is -2.48. The number of aromatic nitrogens is 2. The molecule has 0 spiro atoms. The molecule has 3 aliphatic rings. The highest BCUT2D eigenvalue weighted by molar-refractivity contribution is 5.82. The minimum Gasteiger partial charge on any atom is -0.341 e. The molecule has 3 atom stereocenters. The molecule has 2 saturated heterocycles. The average molecular weight is 318 g/mol. The minimum absolute atomic E-state index is 0.0482. The van der Waals surface area contributed by atoms with Crippen molar-refractivity contribution in [3.8, 4) is 0 Å². The van der Waals surface area contributed by atoms with E-state index < -0.39 is 0 Å². The summed E-state index contributed by atoms with van der Waals surface area (Å²) in [7, 11) is 0. The van der Waals surface area contributed by atoms with Crippen LogP contribution in [0.4, 0.5) is 0 Å². The largest absolute Gasteiger partial charge is 0.341 e. The first kappa shape index (κ1) is 15.1. The second kappa shape index (κ2) is 6.23. The fourth-order valence-corrected chi connectivity index (χ4v) is 4.57. The van der Waals surface area contributed by atoms with Crippen molar-refractivity contribution < 1.29 is 9.32 Å². The molecule has 0 bridgehead atoms. The average Bonchev–Trinajstić information content (AvgIpc) is 3.20. The molecule has 4 rings (SSSR count). The van der Waals surface area contributed by atoms with Crippen molar-refractivity contribution in [3.05, 3.63) is 11.7 Å². The van der Waals surface area contributed by atoms with Crippen molar-refractivity contribution in [1.82, 2.24) is 20.4 Å². The zero-order valence-electron chi connectivity index (χ0n) is 13.8. The van der Waals surface area contributed by atoms with E-state index in [2.05, 4.69) is 15.5 Å². The minimum atomic E-state index is 0.0482. The number of amides is 1. The molecule has 1 aromatic rings. The number of piperidine rings is 1. The molecule has 3 fully saturated rings. The summed E-state index contributed by atoms with van der Waals surface area (Å²) in [6, 6.07) is 0.629. The quantitative estimate of drug-likeness (QED) is 0.903. The van der Waals surface area contributed by atoms with Crippen molar-refractivity contribution in [1.29, 1.82) is 0 Å². The van der Waals surface area contributed by atoms with Crippen molar-refractivity contribution >= 4 is 5.91 Å². The summed E-state index contributed by atoms with van der Waals surface area (Å²) in [6.07, 6.45) is 8.08. The van der Waals surface area contributed by atoms with E-state index in [-0.39, 0.29) is 6.04 Å². The monoisotopic (exact) mass is 318 g/mol. The number of nitrogens with one attached hydrogen (secondary N) is 1. The van der Waals surface area contributed by atoms with Crippen LogP contribution < -0.4 is 5.32 Å². The molecule has 3 heterocycles. The molecule has 23 heavy (non-hydrogen) atoms. The van der Waals surface area contributed by atoms with Crippen LogP contribution in [0.2, 0.25) is 0 Å². The van der Waals surface area contributed by atoms with E-state index in [9.17, 15) is 4.79 Å². The molecule has 1 N–H and O–H groups in total. The van der Waals surface area contributed by atoms with Crippen molar-refractivity contribution in [2.24, 2.45) is 5.92 Å². The number of aryl methyl sites for hydroxylation is 1. The van der Waals surface area contributed by atoms with Gasteiger partial charge in [0.25, 0.3) is 0 Å². The highest BCUT2D eigenvalue weighted by Gasteiger charge is 2.40. The van der Waals surface area contributed by atoms with Gasteiger partial charge in [-0.25, -0.2) is 0 Å². The highest BCUT2D eigenvalue weighted by Crippen LogP contribution is 2.34. The van der Waals surface area contributed by atoms with Crippen LogP contribution in [-0.2, 0) is 4.79 Å². The van der Waals surface area contributed by atoms with E-state index >= 15 is 0 Å². The van der Waals surface area contributed by atoms with Gasteiger partial charge in [0.05, 0.1) is 6.04 Å². The van der Waals surface area contributed by atoms with Crippen molar-refractivity contribution in [2.75, 3.05) is 13.1 Å². The third-order valence-corrected chi connectivity index (χ3v) is 5.88. The third kappa shape index (κ3) is 3.01. The van der Waals surface area contributed by atoms with E-state index in [1.165, 1.54) is 25.7 Å². The van der Waals surface area contributed by atoms with Crippen LogP contribution in [-0.4, -0.2) is 46.1 Å². The molecule has 6 nitrogen and oxygen atoms in total. The van der Waals surface area contributed by atoms with Gasteiger partial charge in [0.1, 0.15) is 0 Å². The molecular weight excluding hydrogens is 292 g/mol. The van der Waals surface area contributed by atoms with Crippen LogP contribution in [0.1, 0.15) is 62.6 Å². The van der Waals surface area contributed by atoms with Crippen molar-refractivity contribution in [3.63, 3.8) is 0 Å². The maximum absolute atomic E-state index is 12.8. The first-order valence-electron chi connectivity index (χ1n) is 9.06. The molecule has 0 aromatic carbocycles. The van der Waals surface area contributed by atoms with Crippen molar-refractivity contribution in [2.45, 2.75) is 69.9 Å². The third-order valence-electron chi connectivity index (χ3n) is 5.88. The highest BCUT2D eigenvalue weighted by atomic mass is 16.5. The molecule has 126 valence electrons. The topological polar surface area (TPSA) is 71.3 Å². The standard InChI is InChI=1S/C17H26N4O2/c1-11-18-16(20-23-11)12-6-8-21(9-7-12)17(22)15-10-13-4-2-3-5-14(13)19-15/h12-15,19H,2-10H2,1H3/t13-,14+,15-/m0/s1. The number of nitrogens with zero attached hydrogens (tertiary/aromatic N) is 3. The summed E-state index contributed by atoms with van der Waals surface area (Å²) < 4.78 is 5.08. The SMILES string of the molecule is Cc1nc(C2CCN(C(=O)[C@@H]3C[C@@H]4CCCC[C@H]4N3)CC2)no1. The molecule has 2 aliphatic heterocycles. The van der Waals surface area contributed by atoms with Gasteiger partial charge in [0, 0.05) is 32.0 Å². The summed E-state index contributed by atoms with van der Waals surface area (Å²) in [4.78, 5) is 19.2. The Bertz CT molecular complexity index is 551. The Hall–Kier alpha value is -1.43. The Labute approximate surface area is 137 Å². The smallest absolute Gasteiger partial charge is 0.239 e. The lowest BCUT2D eigenvalue weighted by Gasteiger charge is -2.32. The second-order valence-electron chi connectivity index (χ2n) is 7.38. The predicted octanol–water partition coefficient (Wildman–Crippen LogP) is 2.00. The molecule has 1 aromatic heterocycles. The summed E-state index contributed by atoms with van der Waals surface area (Å²) in [6.45, 7) is 3.44. The summed E-state index contributed by atoms with van der Waals surface area (Å²) >= 11 is 0. The second-order valence-corrected chi connectivity index (χ2v) is 7.38. The van der Waals surface area contributed by atoms with E-state index in [1.54, 1.807) is 0 Å². The number of hydrogen-bond acceptors (Lipinski definition) is 5. The Morgan fingerprint density at radius 1 is 1.22 bits per heavy atom. The maximum atomic E-state index is 12.8. The normalized spacial score (nSPS) is 32.0. The van der Waals surface area contributed by atoms with Gasteiger partial charge in [-0.05, 0) is 38.0 Å². The molecule has 0 radical (unpaired) electrons. The van der Waals surface area contributed by atoms with Gasteiger partial charge in [-0.15, -0.1) is 0 Å². The maximum Gasteiger partial charge on any atom is 0.239 e. The van der Waals surface area contributed by atoms with E-state index in [1.807, 2.05) is 11.8 Å². The zero-order valence-corrected chi connectivity index (χ0v) is 13.8. The molecule has 0 unspecified atom stereocenters. The Morgan fingerprint density at radius 2 is 2.00 bits per heavy atom. The molecule has 1 amide bonds. The van der Waals surface area contributed by atoms with Crippen LogP contribution in [0.15, 0.2) is 4.52 Å². The molecular formula is C17H26N4O2. The number of likely N-dealkylation sites (tertiary alicyclic amines) is 1.